The van der Waals surface area contributed by atoms with E-state index in [1.54, 1.807) is 0 Å². The summed E-state index contributed by atoms with van der Waals surface area (Å²) in [5.74, 6) is 1.18. The van der Waals surface area contributed by atoms with Crippen LogP contribution in [0.5, 0.6) is 0 Å². The van der Waals surface area contributed by atoms with Gasteiger partial charge in [-0.05, 0) is 58.5 Å². The Bertz CT molecular complexity index is 324. The summed E-state index contributed by atoms with van der Waals surface area (Å²) < 4.78 is 0. The zero-order valence-corrected chi connectivity index (χ0v) is 13.4. The van der Waals surface area contributed by atoms with Crippen LogP contribution in [-0.2, 0) is 4.79 Å². The first-order valence-electron chi connectivity index (χ1n) is 8.22. The van der Waals surface area contributed by atoms with Crippen LogP contribution in [0.4, 0.5) is 0 Å². The maximum absolute atomic E-state index is 12.2. The molecule has 4 heteroatoms. The van der Waals surface area contributed by atoms with E-state index < -0.39 is 0 Å². The van der Waals surface area contributed by atoms with Gasteiger partial charge in [-0.2, -0.15) is 0 Å². The summed E-state index contributed by atoms with van der Waals surface area (Å²) in [6.45, 7) is 11.8. The lowest BCUT2D eigenvalue weighted by Gasteiger charge is -2.43. The van der Waals surface area contributed by atoms with Crippen molar-refractivity contribution in [2.45, 2.75) is 52.0 Å². The summed E-state index contributed by atoms with van der Waals surface area (Å²) in [5.41, 5.74) is 0.0619. The van der Waals surface area contributed by atoms with Gasteiger partial charge in [0.15, 0.2) is 0 Å². The number of amides is 1. The number of hydrogen-bond acceptors (Lipinski definition) is 3. The van der Waals surface area contributed by atoms with Crippen LogP contribution in [0.1, 0.15) is 46.5 Å². The average Bonchev–Trinajstić information content (AvgIpc) is 2.46. The van der Waals surface area contributed by atoms with E-state index in [-0.39, 0.29) is 17.4 Å². The Labute approximate surface area is 123 Å². The zero-order valence-electron chi connectivity index (χ0n) is 13.4. The first-order valence-corrected chi connectivity index (χ1v) is 8.22. The fourth-order valence-corrected chi connectivity index (χ4v) is 3.37. The van der Waals surface area contributed by atoms with Gasteiger partial charge in [-0.3, -0.25) is 9.69 Å². The van der Waals surface area contributed by atoms with Gasteiger partial charge < -0.3 is 10.6 Å². The van der Waals surface area contributed by atoms with Gasteiger partial charge in [0.05, 0.1) is 5.92 Å². The van der Waals surface area contributed by atoms with Crippen molar-refractivity contribution in [3.63, 3.8) is 0 Å². The molecule has 2 heterocycles. The molecule has 2 rings (SSSR count). The van der Waals surface area contributed by atoms with Gasteiger partial charge in [0.2, 0.25) is 5.91 Å². The van der Waals surface area contributed by atoms with Crippen molar-refractivity contribution in [3.05, 3.63) is 0 Å². The molecule has 0 spiro atoms. The second-order valence-electron chi connectivity index (χ2n) is 7.27. The molecule has 20 heavy (non-hydrogen) atoms. The Morgan fingerprint density at radius 1 is 1.35 bits per heavy atom. The molecule has 0 aliphatic carbocycles. The van der Waals surface area contributed by atoms with Gasteiger partial charge in [-0.25, -0.2) is 0 Å². The molecule has 0 aromatic carbocycles. The summed E-state index contributed by atoms with van der Waals surface area (Å²) >= 11 is 0. The topological polar surface area (TPSA) is 44.4 Å². The van der Waals surface area contributed by atoms with Crippen molar-refractivity contribution in [1.29, 1.82) is 0 Å². The molecule has 0 aromatic rings. The molecule has 116 valence electrons. The zero-order chi connectivity index (χ0) is 14.6. The largest absolute Gasteiger partial charge is 0.354 e. The standard InChI is InChI=1S/C16H31N3O/c1-13-6-5-9-19(11-13)16(2,3)12-18-15(20)14-7-4-8-17-10-14/h13-14,17H,4-12H2,1-3H3,(H,18,20). The molecule has 0 radical (unpaired) electrons. The van der Waals surface area contributed by atoms with Crippen molar-refractivity contribution in [2.24, 2.45) is 11.8 Å². The third-order valence-corrected chi connectivity index (χ3v) is 4.88. The summed E-state index contributed by atoms with van der Waals surface area (Å²) in [7, 11) is 0. The maximum Gasteiger partial charge on any atom is 0.224 e. The van der Waals surface area contributed by atoms with E-state index in [1.165, 1.54) is 12.8 Å². The lowest BCUT2D eigenvalue weighted by molar-refractivity contribution is -0.126. The quantitative estimate of drug-likeness (QED) is 0.823. The third-order valence-electron chi connectivity index (χ3n) is 4.88. The van der Waals surface area contributed by atoms with Crippen molar-refractivity contribution >= 4 is 5.91 Å². The maximum atomic E-state index is 12.2. The van der Waals surface area contributed by atoms with E-state index in [1.807, 2.05) is 0 Å². The van der Waals surface area contributed by atoms with Gasteiger partial charge >= 0.3 is 0 Å². The summed E-state index contributed by atoms with van der Waals surface area (Å²) in [6.07, 6.45) is 4.77. The highest BCUT2D eigenvalue weighted by Gasteiger charge is 2.31. The van der Waals surface area contributed by atoms with E-state index in [4.69, 9.17) is 0 Å². The normalized spacial score (nSPS) is 29.1. The van der Waals surface area contributed by atoms with Crippen molar-refractivity contribution < 1.29 is 4.79 Å². The predicted molar refractivity (Wildman–Crippen MR) is 82.7 cm³/mol. The van der Waals surface area contributed by atoms with Crippen molar-refractivity contribution in [2.75, 3.05) is 32.7 Å². The molecule has 2 saturated heterocycles. The molecule has 2 atom stereocenters. The molecule has 2 N–H and O–H groups in total. The minimum absolute atomic E-state index is 0.0619. The summed E-state index contributed by atoms with van der Waals surface area (Å²) in [4.78, 5) is 14.8. The number of likely N-dealkylation sites (tertiary alicyclic amines) is 1. The van der Waals surface area contributed by atoms with Gasteiger partial charge in [0.1, 0.15) is 0 Å². The Kier molecular flexibility index (Phi) is 5.44. The Morgan fingerprint density at radius 2 is 2.15 bits per heavy atom. The highest BCUT2D eigenvalue weighted by molar-refractivity contribution is 5.79. The SMILES string of the molecule is CC1CCCN(C(C)(C)CNC(=O)C2CCCNC2)C1. The fraction of sp³-hybridized carbons (Fsp3) is 0.938. The van der Waals surface area contributed by atoms with Crippen LogP contribution in [-0.4, -0.2) is 49.1 Å². The lowest BCUT2D eigenvalue weighted by atomic mass is 9.93. The molecule has 0 saturated carbocycles. The molecule has 2 aliphatic rings. The molecule has 0 aromatic heterocycles. The molecule has 0 bridgehead atoms. The highest BCUT2D eigenvalue weighted by Crippen LogP contribution is 2.23. The van der Waals surface area contributed by atoms with Gasteiger partial charge in [-0.15, -0.1) is 0 Å². The smallest absolute Gasteiger partial charge is 0.224 e. The Balaban J connectivity index is 1.80. The van der Waals surface area contributed by atoms with Crippen LogP contribution >= 0.6 is 0 Å². The first-order chi connectivity index (χ1) is 9.49. The molecule has 2 unspecified atom stereocenters. The third kappa shape index (κ3) is 4.19. The van der Waals surface area contributed by atoms with Gasteiger partial charge in [0, 0.05) is 25.2 Å². The van der Waals surface area contributed by atoms with Crippen LogP contribution < -0.4 is 10.6 Å². The van der Waals surface area contributed by atoms with Gasteiger partial charge in [0.25, 0.3) is 0 Å². The minimum Gasteiger partial charge on any atom is -0.354 e. The molecular formula is C16H31N3O. The minimum atomic E-state index is 0.0619. The van der Waals surface area contributed by atoms with Crippen LogP contribution in [0.25, 0.3) is 0 Å². The molecular weight excluding hydrogens is 250 g/mol. The number of carbonyl (C=O) groups excluding carboxylic acids is 1. The van der Waals surface area contributed by atoms with Gasteiger partial charge in [-0.1, -0.05) is 6.92 Å². The van der Waals surface area contributed by atoms with Crippen molar-refractivity contribution in [3.8, 4) is 0 Å². The van der Waals surface area contributed by atoms with E-state index >= 15 is 0 Å². The lowest BCUT2D eigenvalue weighted by Crippen LogP contribution is -2.55. The number of rotatable bonds is 4. The second kappa shape index (κ2) is 6.90. The second-order valence-corrected chi connectivity index (χ2v) is 7.27. The first kappa shape index (κ1) is 15.8. The monoisotopic (exact) mass is 281 g/mol. The van der Waals surface area contributed by atoms with Crippen LogP contribution in [0.15, 0.2) is 0 Å². The average molecular weight is 281 g/mol. The fourth-order valence-electron chi connectivity index (χ4n) is 3.37. The van der Waals surface area contributed by atoms with Crippen molar-refractivity contribution in [1.82, 2.24) is 15.5 Å². The number of piperidine rings is 2. The van der Waals surface area contributed by atoms with E-state index in [9.17, 15) is 4.79 Å². The number of hydrogen-bond donors (Lipinski definition) is 2. The number of carbonyl (C=O) groups is 1. The molecule has 2 aliphatic heterocycles. The highest BCUT2D eigenvalue weighted by atomic mass is 16.1. The number of nitrogens with one attached hydrogen (secondary N) is 2. The van der Waals surface area contributed by atoms with Crippen LogP contribution in [0.3, 0.4) is 0 Å². The van der Waals surface area contributed by atoms with Crippen LogP contribution in [0, 0.1) is 11.8 Å². The summed E-state index contributed by atoms with van der Waals surface area (Å²) in [6, 6.07) is 0. The van der Waals surface area contributed by atoms with E-state index in [0.717, 1.165) is 51.5 Å². The molecule has 4 nitrogen and oxygen atoms in total. The van der Waals surface area contributed by atoms with Crippen LogP contribution in [0.2, 0.25) is 0 Å². The molecule has 2 fully saturated rings. The Hall–Kier alpha value is -0.610. The predicted octanol–water partition coefficient (Wildman–Crippen LogP) is 1.61. The molecule has 1 amide bonds. The Morgan fingerprint density at radius 3 is 2.80 bits per heavy atom. The summed E-state index contributed by atoms with van der Waals surface area (Å²) in [5, 5.41) is 6.49. The van der Waals surface area contributed by atoms with E-state index in [2.05, 4.69) is 36.3 Å². The van der Waals surface area contributed by atoms with E-state index in [0.29, 0.717) is 0 Å². The number of nitrogens with zero attached hydrogens (tertiary/aromatic N) is 1.